The summed E-state index contributed by atoms with van der Waals surface area (Å²) >= 11 is 0. The summed E-state index contributed by atoms with van der Waals surface area (Å²) in [6.45, 7) is 12.7. The first-order chi connectivity index (χ1) is 25.7. The van der Waals surface area contributed by atoms with Crippen LogP contribution < -0.4 is 0 Å². The quantitative estimate of drug-likeness (QED) is 0.0891. The van der Waals surface area contributed by atoms with Crippen LogP contribution in [0.3, 0.4) is 0 Å². The molecule has 7 aromatic rings. The van der Waals surface area contributed by atoms with Crippen LogP contribution in [0.4, 0.5) is 0 Å². The average Bonchev–Trinajstić information content (AvgIpc) is 3.56. The van der Waals surface area contributed by atoms with Crippen LogP contribution >= 0.6 is 0 Å². The third kappa shape index (κ3) is 6.85. The van der Waals surface area contributed by atoms with E-state index >= 15 is 0 Å². The van der Waals surface area contributed by atoms with Crippen molar-refractivity contribution in [3.05, 3.63) is 138 Å². The molecule has 5 heteroatoms. The molecule has 0 amide bonds. The monoisotopic (exact) mass is 891 g/mol. The molecule has 8 rings (SSSR count). The number of aliphatic hydroxyl groups is 1. The van der Waals surface area contributed by atoms with Crippen LogP contribution in [0.1, 0.15) is 78.4 Å². The Labute approximate surface area is 332 Å². The first kappa shape index (κ1) is 38.9. The van der Waals surface area contributed by atoms with E-state index in [-0.39, 0.29) is 48.9 Å². The summed E-state index contributed by atoms with van der Waals surface area (Å²) in [6, 6.07) is 39.9. The zero-order chi connectivity index (χ0) is 37.3. The maximum Gasteiger partial charge on any atom is 0.162 e. The Morgan fingerprint density at radius 3 is 1.96 bits per heavy atom. The molecular weight excluding hydrogens is 843 g/mol. The van der Waals surface area contributed by atoms with Gasteiger partial charge in [0.25, 0.3) is 0 Å². The van der Waals surface area contributed by atoms with E-state index in [9.17, 15) is 9.90 Å². The Kier molecular flexibility index (Phi) is 11.7. The first-order valence-electron chi connectivity index (χ1n) is 19.1. The second kappa shape index (κ2) is 16.3. The van der Waals surface area contributed by atoms with Crippen molar-refractivity contribution in [1.82, 2.24) is 4.98 Å². The number of aromatic nitrogens is 1. The summed E-state index contributed by atoms with van der Waals surface area (Å²) in [6.07, 6.45) is 6.90. The normalized spacial score (nSPS) is 13.1. The topological polar surface area (TPSA) is 63.3 Å². The molecule has 0 bridgehead atoms. The number of aliphatic hydroxyl groups excluding tert-OH is 1. The van der Waals surface area contributed by atoms with E-state index < -0.39 is 0 Å². The second-order valence-corrected chi connectivity index (χ2v) is 14.7. The second-order valence-electron chi connectivity index (χ2n) is 14.7. The molecule has 5 aromatic carbocycles. The number of pyridine rings is 1. The number of hydrogen-bond donors (Lipinski definition) is 1. The van der Waals surface area contributed by atoms with Gasteiger partial charge in [-0.3, -0.25) is 4.79 Å². The SMILES string of the molecule is CC1(C)c2c(ncc3ccccc23)-c2[c-]cc(-c3ccccc3)c3oc4c(-c5ccccc5)ccc1c4c23.CCC(CC)C(=O)/C=C(\O)C(CC)CC.[Ir]. The number of furan rings is 1. The minimum absolute atomic E-state index is 0. The van der Waals surface area contributed by atoms with Crippen molar-refractivity contribution in [1.29, 1.82) is 0 Å². The van der Waals surface area contributed by atoms with E-state index in [0.717, 1.165) is 86.5 Å². The van der Waals surface area contributed by atoms with Crippen LogP contribution in [0.15, 0.2) is 126 Å². The summed E-state index contributed by atoms with van der Waals surface area (Å²) in [5.41, 5.74) is 10.4. The van der Waals surface area contributed by atoms with Gasteiger partial charge in [-0.2, -0.15) is 0 Å². The van der Waals surface area contributed by atoms with Crippen molar-refractivity contribution in [2.75, 3.05) is 0 Å². The Hall–Kier alpha value is -4.83. The van der Waals surface area contributed by atoms with Crippen LogP contribution in [0, 0.1) is 17.9 Å². The number of rotatable bonds is 9. The van der Waals surface area contributed by atoms with Crippen LogP contribution in [0.2, 0.25) is 0 Å². The van der Waals surface area contributed by atoms with Gasteiger partial charge < -0.3 is 14.5 Å². The minimum Gasteiger partial charge on any atom is -0.512 e. The Bertz CT molecular complexity index is 2450. The van der Waals surface area contributed by atoms with Gasteiger partial charge in [-0.1, -0.05) is 155 Å². The van der Waals surface area contributed by atoms with Gasteiger partial charge in [-0.05, 0) is 64.2 Å². The predicted octanol–water partition coefficient (Wildman–Crippen LogP) is 13.4. The van der Waals surface area contributed by atoms with Crippen LogP contribution in [0.25, 0.3) is 66.2 Å². The molecule has 0 spiro atoms. The number of hydrogen-bond acceptors (Lipinski definition) is 4. The molecule has 0 fully saturated rings. The van der Waals surface area contributed by atoms with Crippen molar-refractivity contribution in [3.63, 3.8) is 0 Å². The fourth-order valence-electron chi connectivity index (χ4n) is 8.20. The van der Waals surface area contributed by atoms with Gasteiger partial charge in [-0.15, -0.1) is 17.7 Å². The fourth-order valence-corrected chi connectivity index (χ4v) is 8.20. The van der Waals surface area contributed by atoms with E-state index in [2.05, 4.69) is 117 Å². The summed E-state index contributed by atoms with van der Waals surface area (Å²) in [7, 11) is 0. The molecule has 0 saturated carbocycles. The molecule has 1 aliphatic rings. The van der Waals surface area contributed by atoms with E-state index in [1.54, 1.807) is 0 Å². The smallest absolute Gasteiger partial charge is 0.162 e. The van der Waals surface area contributed by atoms with Crippen LogP contribution in [-0.2, 0) is 30.3 Å². The summed E-state index contributed by atoms with van der Waals surface area (Å²) in [4.78, 5) is 16.8. The number of nitrogens with zero attached hydrogens (tertiary/aromatic N) is 1. The van der Waals surface area contributed by atoms with E-state index in [0.29, 0.717) is 0 Å². The number of benzene rings is 5. The fraction of sp³-hybridized carbons (Fsp3) is 0.265. The number of carbonyl (C=O) groups is 1. The molecule has 1 aliphatic carbocycles. The molecule has 2 aromatic heterocycles. The molecule has 1 N–H and O–H groups in total. The van der Waals surface area contributed by atoms with Crippen molar-refractivity contribution < 1.29 is 34.4 Å². The van der Waals surface area contributed by atoms with Crippen molar-refractivity contribution in [2.24, 2.45) is 11.8 Å². The van der Waals surface area contributed by atoms with Gasteiger partial charge in [0.15, 0.2) is 5.78 Å². The van der Waals surface area contributed by atoms with E-state index in [4.69, 9.17) is 9.40 Å². The largest absolute Gasteiger partial charge is 0.512 e. The molecule has 4 nitrogen and oxygen atoms in total. The number of carbonyl (C=O) groups excluding carboxylic acids is 1. The molecular formula is C49H48IrNO3-. The molecule has 0 atom stereocenters. The summed E-state index contributed by atoms with van der Waals surface area (Å²) in [5, 5.41) is 14.4. The van der Waals surface area contributed by atoms with Crippen LogP contribution in [-0.4, -0.2) is 15.9 Å². The third-order valence-electron chi connectivity index (χ3n) is 11.3. The van der Waals surface area contributed by atoms with Gasteiger partial charge in [0, 0.05) is 55.2 Å². The number of allylic oxidation sites excluding steroid dienone is 2. The van der Waals surface area contributed by atoms with Gasteiger partial charge >= 0.3 is 0 Å². The van der Waals surface area contributed by atoms with Crippen molar-refractivity contribution >= 4 is 38.5 Å². The zero-order valence-electron chi connectivity index (χ0n) is 32.0. The van der Waals surface area contributed by atoms with Gasteiger partial charge in [0.05, 0.1) is 11.3 Å². The molecule has 277 valence electrons. The molecule has 0 unspecified atom stereocenters. The predicted molar refractivity (Wildman–Crippen MR) is 220 cm³/mol. The van der Waals surface area contributed by atoms with Crippen molar-refractivity contribution in [3.8, 4) is 33.5 Å². The maximum atomic E-state index is 11.7. The van der Waals surface area contributed by atoms with Gasteiger partial charge in [-0.25, -0.2) is 0 Å². The summed E-state index contributed by atoms with van der Waals surface area (Å²) in [5.74, 6) is 0.547. The average molecular weight is 891 g/mol. The summed E-state index contributed by atoms with van der Waals surface area (Å²) < 4.78 is 6.93. The van der Waals surface area contributed by atoms with E-state index in [1.807, 2.05) is 40.0 Å². The molecule has 0 aliphatic heterocycles. The third-order valence-corrected chi connectivity index (χ3v) is 11.3. The van der Waals surface area contributed by atoms with Crippen LogP contribution in [0.5, 0.6) is 0 Å². The molecule has 2 heterocycles. The first-order valence-corrected chi connectivity index (χ1v) is 19.1. The number of ketones is 1. The van der Waals surface area contributed by atoms with Crippen molar-refractivity contribution in [2.45, 2.75) is 72.6 Å². The molecule has 54 heavy (non-hydrogen) atoms. The molecule has 0 saturated heterocycles. The maximum absolute atomic E-state index is 11.7. The Balaban J connectivity index is 0.000000267. The number of fused-ring (bicyclic) bond motifs is 4. The standard InChI is InChI=1S/C36H24NO.C13H24O2.Ir/c1-36(2)29-20-19-27(23-13-7-4-8-14-23)35-31(29)30-28(33-32(36)25-16-10-9-15-24(25)21-37-33)18-17-26(34(30)38-35)22-11-5-3-6-12-22;1-5-10(6-2)12(14)9-13(15)11(7-3)8-4;/h3-17,19-21H,1-2H3;9-11,14H,5-8H2,1-4H3;/q-1;;/b;12-9-;. The van der Waals surface area contributed by atoms with Gasteiger partial charge in [0.1, 0.15) is 5.58 Å². The van der Waals surface area contributed by atoms with E-state index in [1.165, 1.54) is 22.6 Å². The molecule has 1 radical (unpaired) electrons. The Morgan fingerprint density at radius 2 is 1.33 bits per heavy atom. The zero-order valence-corrected chi connectivity index (χ0v) is 34.4. The Morgan fingerprint density at radius 1 is 0.759 bits per heavy atom. The minimum atomic E-state index is -0.312. The van der Waals surface area contributed by atoms with Gasteiger partial charge in [0.2, 0.25) is 0 Å².